The van der Waals surface area contributed by atoms with Crippen molar-refractivity contribution < 1.29 is 4.42 Å². The maximum Gasteiger partial charge on any atom is 0.145 e. The zero-order valence-corrected chi connectivity index (χ0v) is 23.4. The second kappa shape index (κ2) is 10.0. The van der Waals surface area contributed by atoms with E-state index < -0.39 is 0 Å². The van der Waals surface area contributed by atoms with Crippen molar-refractivity contribution >= 4 is 49.7 Å². The van der Waals surface area contributed by atoms with Crippen molar-refractivity contribution in [1.29, 1.82) is 0 Å². The predicted octanol–water partition coefficient (Wildman–Crippen LogP) is 9.87. The third-order valence-corrected chi connectivity index (χ3v) is 8.60. The normalized spacial score (nSPS) is 18.8. The summed E-state index contributed by atoms with van der Waals surface area (Å²) >= 11 is 0. The van der Waals surface area contributed by atoms with Gasteiger partial charge in [0.05, 0.1) is 5.71 Å². The van der Waals surface area contributed by atoms with Gasteiger partial charge >= 0.3 is 0 Å². The lowest BCUT2D eigenvalue weighted by atomic mass is 9.82. The van der Waals surface area contributed by atoms with Crippen molar-refractivity contribution in [2.45, 2.75) is 19.5 Å². The van der Waals surface area contributed by atoms with Gasteiger partial charge in [-0.1, -0.05) is 128 Å². The average molecular weight is 543 g/mol. The van der Waals surface area contributed by atoms with E-state index in [4.69, 9.17) is 9.41 Å². The predicted molar refractivity (Wildman–Crippen MR) is 175 cm³/mol. The number of allylic oxidation sites excluding steroid dienone is 5. The summed E-state index contributed by atoms with van der Waals surface area (Å²) in [5, 5.41) is 8.55. The highest BCUT2D eigenvalue weighted by molar-refractivity contribution is 6.15. The molecule has 1 aliphatic carbocycles. The van der Waals surface area contributed by atoms with Crippen LogP contribution in [0.5, 0.6) is 0 Å². The van der Waals surface area contributed by atoms with Gasteiger partial charge < -0.3 is 9.73 Å². The summed E-state index contributed by atoms with van der Waals surface area (Å²) in [6.45, 7) is 2.31. The Hall–Kier alpha value is -5.15. The Bertz CT molecular complexity index is 2100. The molecule has 2 aliphatic rings. The molecule has 1 aliphatic heterocycles. The second-order valence-electron chi connectivity index (χ2n) is 11.3. The number of rotatable bonds is 4. The SMILES string of the molecule is CC1CC(c2cccc3c2oc2ccccc23)=CC=C1C1=NC(c2ccccc2)NC(c2cccc3ccccc23)=C1. The first kappa shape index (κ1) is 24.6. The molecule has 6 aromatic rings. The van der Waals surface area contributed by atoms with Gasteiger partial charge in [0.1, 0.15) is 17.3 Å². The van der Waals surface area contributed by atoms with E-state index in [1.807, 2.05) is 12.1 Å². The largest absolute Gasteiger partial charge is 0.455 e. The van der Waals surface area contributed by atoms with Gasteiger partial charge in [0.25, 0.3) is 0 Å². The molecule has 2 unspecified atom stereocenters. The Balaban J connectivity index is 1.24. The van der Waals surface area contributed by atoms with E-state index in [9.17, 15) is 0 Å². The zero-order chi connectivity index (χ0) is 28.0. The number of furan rings is 1. The molecule has 42 heavy (non-hydrogen) atoms. The fraction of sp³-hybridized carbons (Fsp3) is 0.103. The lowest BCUT2D eigenvalue weighted by molar-refractivity contribution is 0.656. The highest BCUT2D eigenvalue weighted by Crippen LogP contribution is 2.40. The highest BCUT2D eigenvalue weighted by Gasteiger charge is 2.26. The Labute approximate surface area is 245 Å². The van der Waals surface area contributed by atoms with Crippen LogP contribution in [0.3, 0.4) is 0 Å². The van der Waals surface area contributed by atoms with Crippen molar-refractivity contribution in [3.8, 4) is 0 Å². The van der Waals surface area contributed by atoms with Crippen LogP contribution in [0.1, 0.15) is 36.2 Å². The van der Waals surface area contributed by atoms with Crippen LogP contribution in [0.4, 0.5) is 0 Å². The van der Waals surface area contributed by atoms with Crippen molar-refractivity contribution in [3.05, 3.63) is 156 Å². The molecule has 202 valence electrons. The van der Waals surface area contributed by atoms with E-state index in [-0.39, 0.29) is 6.17 Å². The van der Waals surface area contributed by atoms with Gasteiger partial charge in [-0.25, -0.2) is 0 Å². The molecule has 3 nitrogen and oxygen atoms in total. The van der Waals surface area contributed by atoms with Crippen LogP contribution in [0.15, 0.2) is 148 Å². The second-order valence-corrected chi connectivity index (χ2v) is 11.3. The number of para-hydroxylation sites is 2. The summed E-state index contributed by atoms with van der Waals surface area (Å²) < 4.78 is 6.37. The summed E-state index contributed by atoms with van der Waals surface area (Å²) in [4.78, 5) is 5.27. The molecule has 8 rings (SSSR count). The van der Waals surface area contributed by atoms with Crippen LogP contribution >= 0.6 is 0 Å². The molecule has 5 aromatic carbocycles. The molecule has 0 saturated heterocycles. The molecule has 2 heterocycles. The fourth-order valence-corrected chi connectivity index (χ4v) is 6.50. The number of nitrogens with zero attached hydrogens (tertiary/aromatic N) is 1. The van der Waals surface area contributed by atoms with Crippen LogP contribution < -0.4 is 5.32 Å². The van der Waals surface area contributed by atoms with Gasteiger partial charge in [0, 0.05) is 27.6 Å². The lowest BCUT2D eigenvalue weighted by Gasteiger charge is -2.29. The van der Waals surface area contributed by atoms with Crippen molar-refractivity contribution in [3.63, 3.8) is 0 Å². The van der Waals surface area contributed by atoms with Crippen LogP contribution in [0.2, 0.25) is 0 Å². The average Bonchev–Trinajstić information content (AvgIpc) is 3.44. The Morgan fingerprint density at radius 1 is 0.690 bits per heavy atom. The lowest BCUT2D eigenvalue weighted by Crippen LogP contribution is -2.26. The molecule has 3 heteroatoms. The smallest absolute Gasteiger partial charge is 0.145 e. The molecule has 1 aromatic heterocycles. The maximum atomic E-state index is 6.37. The highest BCUT2D eigenvalue weighted by atomic mass is 16.3. The minimum absolute atomic E-state index is 0.164. The van der Waals surface area contributed by atoms with Crippen LogP contribution in [-0.4, -0.2) is 5.71 Å². The van der Waals surface area contributed by atoms with Crippen molar-refractivity contribution in [1.82, 2.24) is 5.32 Å². The molecule has 0 amide bonds. The maximum absolute atomic E-state index is 6.37. The molecular weight excluding hydrogens is 512 g/mol. The number of aliphatic imine (C=N–C) groups is 1. The summed E-state index contributed by atoms with van der Waals surface area (Å²) in [7, 11) is 0. The van der Waals surface area contributed by atoms with Crippen LogP contribution in [-0.2, 0) is 0 Å². The quantitative estimate of drug-likeness (QED) is 0.241. The molecule has 0 fully saturated rings. The van der Waals surface area contributed by atoms with Gasteiger partial charge in [-0.15, -0.1) is 0 Å². The van der Waals surface area contributed by atoms with Gasteiger partial charge in [-0.2, -0.15) is 0 Å². The third kappa shape index (κ3) is 4.17. The third-order valence-electron chi connectivity index (χ3n) is 8.60. The first-order valence-electron chi connectivity index (χ1n) is 14.6. The Morgan fingerprint density at radius 3 is 2.29 bits per heavy atom. The van der Waals surface area contributed by atoms with Gasteiger partial charge in [0.2, 0.25) is 0 Å². The van der Waals surface area contributed by atoms with E-state index in [2.05, 4.69) is 134 Å². The van der Waals surface area contributed by atoms with E-state index >= 15 is 0 Å². The van der Waals surface area contributed by atoms with Gasteiger partial charge in [-0.3, -0.25) is 4.99 Å². The standard InChI is InChI=1S/C39H30N2O/c1-25-23-28(31-17-10-19-34-33-16-7-8-20-37(33)42-38(31)34)21-22-29(25)35-24-36(41-39(40-35)27-12-3-2-4-13-27)32-18-9-14-26-11-5-6-15-30(26)32/h2-22,24-25,39,41H,23H2,1H3. The van der Waals surface area contributed by atoms with Crippen molar-refractivity contribution in [2.75, 3.05) is 0 Å². The number of fused-ring (bicyclic) bond motifs is 4. The van der Waals surface area contributed by atoms with E-state index in [0.717, 1.165) is 39.9 Å². The number of hydrogen-bond donors (Lipinski definition) is 1. The van der Waals surface area contributed by atoms with Crippen molar-refractivity contribution in [2.24, 2.45) is 10.9 Å². The van der Waals surface area contributed by atoms with E-state index in [1.165, 1.54) is 38.4 Å². The minimum atomic E-state index is -0.164. The molecular formula is C39H30N2O. The minimum Gasteiger partial charge on any atom is -0.455 e. The Kier molecular flexibility index (Phi) is 5.89. The summed E-state index contributed by atoms with van der Waals surface area (Å²) in [5.41, 5.74) is 10.1. The molecule has 0 spiro atoms. The van der Waals surface area contributed by atoms with Gasteiger partial charge in [-0.05, 0) is 52.0 Å². The summed E-state index contributed by atoms with van der Waals surface area (Å²) in [6.07, 6.45) is 7.53. The molecule has 1 N–H and O–H groups in total. The number of hydrogen-bond acceptors (Lipinski definition) is 3. The zero-order valence-electron chi connectivity index (χ0n) is 23.4. The Morgan fingerprint density at radius 2 is 1.40 bits per heavy atom. The molecule has 0 bridgehead atoms. The van der Waals surface area contributed by atoms with Crippen LogP contribution in [0.25, 0.3) is 44.0 Å². The summed E-state index contributed by atoms with van der Waals surface area (Å²) in [5.74, 6) is 0.294. The number of nitrogens with one attached hydrogen (secondary N) is 1. The fourth-order valence-electron chi connectivity index (χ4n) is 6.50. The van der Waals surface area contributed by atoms with E-state index in [1.54, 1.807) is 0 Å². The first-order chi connectivity index (χ1) is 20.7. The molecule has 0 radical (unpaired) electrons. The van der Waals surface area contributed by atoms with Crippen LogP contribution in [0, 0.1) is 5.92 Å². The molecule has 2 atom stereocenters. The monoisotopic (exact) mass is 542 g/mol. The first-order valence-corrected chi connectivity index (χ1v) is 14.6. The molecule has 0 saturated carbocycles. The number of benzene rings is 5. The topological polar surface area (TPSA) is 37.5 Å². The summed E-state index contributed by atoms with van der Waals surface area (Å²) in [6, 6.07) is 40.4. The van der Waals surface area contributed by atoms with Gasteiger partial charge in [0.15, 0.2) is 0 Å². The van der Waals surface area contributed by atoms with E-state index in [0.29, 0.717) is 5.92 Å².